The zero-order valence-corrected chi connectivity index (χ0v) is 20.5. The van der Waals surface area contributed by atoms with Gasteiger partial charge in [-0.25, -0.2) is 15.0 Å². The molecule has 1 fully saturated rings. The van der Waals surface area contributed by atoms with Crippen LogP contribution in [0.25, 0.3) is 10.2 Å². The molecule has 3 aromatic heterocycles. The van der Waals surface area contributed by atoms with E-state index in [1.165, 1.54) is 10.4 Å². The molecule has 4 heterocycles. The molecule has 1 aliphatic rings. The summed E-state index contributed by atoms with van der Waals surface area (Å²) in [5.41, 5.74) is 2.09. The molecule has 1 saturated heterocycles. The van der Waals surface area contributed by atoms with E-state index in [2.05, 4.69) is 39.0 Å². The molecule has 1 amide bonds. The largest absolute Gasteiger partial charge is 0.356 e. The molecular weight excluding hydrogens is 452 g/mol. The summed E-state index contributed by atoms with van der Waals surface area (Å²) in [4.78, 5) is 32.0. The third kappa shape index (κ3) is 4.47. The predicted octanol–water partition coefficient (Wildman–Crippen LogP) is 5.05. The van der Waals surface area contributed by atoms with E-state index < -0.39 is 0 Å². The van der Waals surface area contributed by atoms with Gasteiger partial charge in [-0.1, -0.05) is 11.8 Å². The molecule has 0 saturated carbocycles. The molecule has 0 bridgehead atoms. The number of thiophene rings is 1. The summed E-state index contributed by atoms with van der Waals surface area (Å²) in [5, 5.41) is 5.19. The second kappa shape index (κ2) is 9.15. The molecule has 0 spiro atoms. The third-order valence-electron chi connectivity index (χ3n) is 6.22. The molecule has 0 unspecified atom stereocenters. The molecule has 7 nitrogen and oxygen atoms in total. The molecule has 1 N–H and O–H groups in total. The van der Waals surface area contributed by atoms with Crippen molar-refractivity contribution in [3.05, 3.63) is 53.4 Å². The number of benzene rings is 1. The standard InChI is InChI=1S/C24H26N6OS2/c1-15-16(2)32-23-20(15)21(26-14-27-23)30-11-8-17(9-12-30)22(31)28-18-4-6-19(7-5-18)33-24-25-10-13-29(24)3/h4-7,10,13-14,17H,8-9,11-12H2,1-3H3,(H,28,31). The van der Waals surface area contributed by atoms with Crippen molar-refractivity contribution < 1.29 is 4.79 Å². The Balaban J connectivity index is 1.20. The van der Waals surface area contributed by atoms with E-state index in [1.807, 2.05) is 42.1 Å². The second-order valence-corrected chi connectivity index (χ2v) is 10.6. The summed E-state index contributed by atoms with van der Waals surface area (Å²) in [6, 6.07) is 7.95. The summed E-state index contributed by atoms with van der Waals surface area (Å²) in [6.45, 7) is 5.91. The number of fused-ring (bicyclic) bond motifs is 1. The summed E-state index contributed by atoms with van der Waals surface area (Å²) < 4.78 is 1.99. The van der Waals surface area contributed by atoms with Gasteiger partial charge in [-0.3, -0.25) is 4.79 Å². The van der Waals surface area contributed by atoms with Gasteiger partial charge in [-0.15, -0.1) is 11.3 Å². The maximum atomic E-state index is 12.9. The van der Waals surface area contributed by atoms with Gasteiger partial charge in [0.2, 0.25) is 5.91 Å². The van der Waals surface area contributed by atoms with Crippen molar-refractivity contribution in [3.63, 3.8) is 0 Å². The van der Waals surface area contributed by atoms with Crippen molar-refractivity contribution in [1.29, 1.82) is 0 Å². The fraction of sp³-hybridized carbons (Fsp3) is 0.333. The van der Waals surface area contributed by atoms with E-state index >= 15 is 0 Å². The SMILES string of the molecule is Cc1sc2ncnc(N3CCC(C(=O)Nc4ccc(Sc5nccn5C)cc4)CC3)c2c1C. The Labute approximate surface area is 201 Å². The van der Waals surface area contributed by atoms with E-state index in [1.54, 1.807) is 35.6 Å². The molecule has 0 aliphatic carbocycles. The number of rotatable bonds is 5. The predicted molar refractivity (Wildman–Crippen MR) is 134 cm³/mol. The normalized spacial score (nSPS) is 14.7. The Bertz CT molecular complexity index is 1290. The van der Waals surface area contributed by atoms with Gasteiger partial charge in [0, 0.05) is 53.9 Å². The van der Waals surface area contributed by atoms with Gasteiger partial charge in [0.15, 0.2) is 5.16 Å². The first kappa shape index (κ1) is 21.9. The number of aromatic nitrogens is 4. The van der Waals surface area contributed by atoms with E-state index in [4.69, 9.17) is 0 Å². The van der Waals surface area contributed by atoms with Gasteiger partial charge in [0.05, 0.1) is 5.39 Å². The van der Waals surface area contributed by atoms with Gasteiger partial charge in [0.1, 0.15) is 17.0 Å². The molecule has 0 radical (unpaired) electrons. The van der Waals surface area contributed by atoms with Crippen molar-refractivity contribution in [2.75, 3.05) is 23.3 Å². The smallest absolute Gasteiger partial charge is 0.227 e. The highest BCUT2D eigenvalue weighted by molar-refractivity contribution is 7.99. The van der Waals surface area contributed by atoms with E-state index in [9.17, 15) is 4.79 Å². The van der Waals surface area contributed by atoms with Crippen LogP contribution < -0.4 is 10.2 Å². The Morgan fingerprint density at radius 2 is 1.88 bits per heavy atom. The van der Waals surface area contributed by atoms with E-state index in [0.717, 1.165) is 57.7 Å². The Morgan fingerprint density at radius 1 is 1.12 bits per heavy atom. The third-order valence-corrected chi connectivity index (χ3v) is 8.42. The molecule has 9 heteroatoms. The first-order valence-corrected chi connectivity index (χ1v) is 12.6. The van der Waals surface area contributed by atoms with Crippen molar-refractivity contribution in [2.45, 2.75) is 36.7 Å². The number of amides is 1. The molecule has 1 aliphatic heterocycles. The number of piperidine rings is 1. The minimum absolute atomic E-state index is 0.00510. The lowest BCUT2D eigenvalue weighted by molar-refractivity contribution is -0.120. The van der Waals surface area contributed by atoms with Crippen LogP contribution in [0.15, 0.2) is 53.0 Å². The van der Waals surface area contributed by atoms with Crippen LogP contribution in [0.5, 0.6) is 0 Å². The Morgan fingerprint density at radius 3 is 2.58 bits per heavy atom. The lowest BCUT2D eigenvalue weighted by Gasteiger charge is -2.32. The first-order valence-electron chi connectivity index (χ1n) is 11.0. The molecular formula is C24H26N6OS2. The number of anilines is 2. The van der Waals surface area contributed by atoms with Crippen molar-refractivity contribution in [2.24, 2.45) is 13.0 Å². The minimum atomic E-state index is 0.00510. The van der Waals surface area contributed by atoms with Crippen LogP contribution in [0.3, 0.4) is 0 Å². The highest BCUT2D eigenvalue weighted by Crippen LogP contribution is 2.35. The fourth-order valence-corrected chi connectivity index (χ4v) is 5.96. The molecule has 5 rings (SSSR count). The quantitative estimate of drug-likeness (QED) is 0.433. The van der Waals surface area contributed by atoms with Gasteiger partial charge >= 0.3 is 0 Å². The van der Waals surface area contributed by atoms with E-state index in [-0.39, 0.29) is 11.8 Å². The second-order valence-electron chi connectivity index (χ2n) is 8.36. The Kier molecular flexibility index (Phi) is 6.07. The molecule has 33 heavy (non-hydrogen) atoms. The van der Waals surface area contributed by atoms with Gasteiger partial charge in [0.25, 0.3) is 0 Å². The molecule has 0 atom stereocenters. The molecule has 1 aromatic carbocycles. The summed E-state index contributed by atoms with van der Waals surface area (Å²) >= 11 is 3.32. The fourth-order valence-electron chi connectivity index (χ4n) is 4.16. The minimum Gasteiger partial charge on any atom is -0.356 e. The molecule has 4 aromatic rings. The number of aryl methyl sites for hydroxylation is 3. The number of hydrogen-bond donors (Lipinski definition) is 1. The average molecular weight is 479 g/mol. The van der Waals surface area contributed by atoms with Gasteiger partial charge in [-0.2, -0.15) is 0 Å². The highest BCUT2D eigenvalue weighted by Gasteiger charge is 2.27. The maximum Gasteiger partial charge on any atom is 0.227 e. The van der Waals surface area contributed by atoms with Gasteiger partial charge in [-0.05, 0) is 56.5 Å². The number of carbonyl (C=O) groups excluding carboxylic acids is 1. The van der Waals surface area contributed by atoms with Gasteiger partial charge < -0.3 is 14.8 Å². The summed E-state index contributed by atoms with van der Waals surface area (Å²) in [6.07, 6.45) is 7.00. The number of imidazole rings is 1. The van der Waals surface area contributed by atoms with Crippen LogP contribution in [0.2, 0.25) is 0 Å². The Hall–Kier alpha value is -2.91. The van der Waals surface area contributed by atoms with Crippen molar-refractivity contribution in [1.82, 2.24) is 19.5 Å². The summed E-state index contributed by atoms with van der Waals surface area (Å²) in [5.74, 6) is 1.10. The van der Waals surface area contributed by atoms with Crippen molar-refractivity contribution >= 4 is 50.7 Å². The monoisotopic (exact) mass is 478 g/mol. The zero-order chi connectivity index (χ0) is 22.9. The lowest BCUT2D eigenvalue weighted by atomic mass is 9.95. The average Bonchev–Trinajstić information content (AvgIpc) is 3.37. The van der Waals surface area contributed by atoms with E-state index in [0.29, 0.717) is 0 Å². The van der Waals surface area contributed by atoms with Crippen LogP contribution in [0.1, 0.15) is 23.3 Å². The van der Waals surface area contributed by atoms with Crippen LogP contribution in [-0.4, -0.2) is 38.5 Å². The van der Waals surface area contributed by atoms with Crippen LogP contribution in [0, 0.1) is 19.8 Å². The number of nitrogens with zero attached hydrogens (tertiary/aromatic N) is 5. The number of carbonyl (C=O) groups is 1. The van der Waals surface area contributed by atoms with Crippen LogP contribution in [0.4, 0.5) is 11.5 Å². The summed E-state index contributed by atoms with van der Waals surface area (Å²) in [7, 11) is 1.98. The number of nitrogens with one attached hydrogen (secondary N) is 1. The van der Waals surface area contributed by atoms with Crippen molar-refractivity contribution in [3.8, 4) is 0 Å². The highest BCUT2D eigenvalue weighted by atomic mass is 32.2. The zero-order valence-electron chi connectivity index (χ0n) is 18.9. The topological polar surface area (TPSA) is 75.9 Å². The van der Waals surface area contributed by atoms with Crippen LogP contribution in [-0.2, 0) is 11.8 Å². The van der Waals surface area contributed by atoms with Crippen LogP contribution >= 0.6 is 23.1 Å². The molecule has 170 valence electrons. The first-order chi connectivity index (χ1) is 16.0. The lowest BCUT2D eigenvalue weighted by Crippen LogP contribution is -2.38. The number of hydrogen-bond acceptors (Lipinski definition) is 7. The maximum absolute atomic E-state index is 12.9.